The predicted molar refractivity (Wildman–Crippen MR) is 152 cm³/mol. The highest BCUT2D eigenvalue weighted by atomic mass is 35.5. The summed E-state index contributed by atoms with van der Waals surface area (Å²) in [6, 6.07) is 19.9. The minimum absolute atomic E-state index is 0.0538. The molecule has 0 aromatic heterocycles. The SMILES string of the molecule is CNC(=O)[C@@H](Cc1ccccc1)N(Cc1ccc(Cl)cc1)C(=O)CN(c1ccc(OC)cc1OC)S(C)(=O)=O. The van der Waals surface area contributed by atoms with Gasteiger partial charge in [-0.15, -0.1) is 0 Å². The van der Waals surface area contributed by atoms with Gasteiger partial charge in [0, 0.05) is 31.1 Å². The Morgan fingerprint density at radius 2 is 1.62 bits per heavy atom. The van der Waals surface area contributed by atoms with Gasteiger partial charge in [-0.2, -0.15) is 0 Å². The van der Waals surface area contributed by atoms with E-state index in [9.17, 15) is 18.0 Å². The number of rotatable bonds is 12. The molecule has 0 aliphatic heterocycles. The minimum atomic E-state index is -3.94. The van der Waals surface area contributed by atoms with Crippen molar-refractivity contribution in [2.24, 2.45) is 0 Å². The Morgan fingerprint density at radius 1 is 0.949 bits per heavy atom. The molecule has 11 heteroatoms. The van der Waals surface area contributed by atoms with Gasteiger partial charge in [-0.05, 0) is 35.4 Å². The van der Waals surface area contributed by atoms with E-state index in [0.717, 1.165) is 21.7 Å². The molecule has 0 aliphatic carbocycles. The van der Waals surface area contributed by atoms with Gasteiger partial charge >= 0.3 is 0 Å². The molecule has 0 radical (unpaired) electrons. The fourth-order valence-electron chi connectivity index (χ4n) is 4.09. The highest BCUT2D eigenvalue weighted by Gasteiger charge is 2.33. The van der Waals surface area contributed by atoms with Crippen molar-refractivity contribution >= 4 is 39.1 Å². The normalized spacial score (nSPS) is 11.8. The summed E-state index contributed by atoms with van der Waals surface area (Å²) in [5.41, 5.74) is 1.74. The van der Waals surface area contributed by atoms with Crippen LogP contribution in [0.15, 0.2) is 72.8 Å². The molecule has 9 nitrogen and oxygen atoms in total. The molecule has 0 unspecified atom stereocenters. The number of carbonyl (C=O) groups excluding carboxylic acids is 2. The Labute approximate surface area is 234 Å². The van der Waals surface area contributed by atoms with Crippen LogP contribution in [-0.2, 0) is 32.6 Å². The summed E-state index contributed by atoms with van der Waals surface area (Å²) < 4.78 is 37.5. The molecule has 0 aliphatic rings. The lowest BCUT2D eigenvalue weighted by Crippen LogP contribution is -2.52. The second-order valence-electron chi connectivity index (χ2n) is 8.78. The zero-order chi connectivity index (χ0) is 28.6. The molecule has 0 heterocycles. The van der Waals surface area contributed by atoms with Crippen molar-refractivity contribution in [3.8, 4) is 11.5 Å². The second kappa shape index (κ2) is 13.3. The van der Waals surface area contributed by atoms with Gasteiger partial charge in [0.2, 0.25) is 21.8 Å². The zero-order valence-electron chi connectivity index (χ0n) is 22.3. The van der Waals surface area contributed by atoms with Crippen molar-refractivity contribution in [2.75, 3.05) is 38.4 Å². The van der Waals surface area contributed by atoms with E-state index >= 15 is 0 Å². The van der Waals surface area contributed by atoms with E-state index in [0.29, 0.717) is 10.8 Å². The van der Waals surface area contributed by atoms with Gasteiger partial charge < -0.3 is 19.7 Å². The number of benzene rings is 3. The maximum atomic E-state index is 14.0. The average Bonchev–Trinajstić information content (AvgIpc) is 2.93. The van der Waals surface area contributed by atoms with Gasteiger partial charge in [-0.25, -0.2) is 8.42 Å². The molecular weight excluding hydrogens is 542 g/mol. The van der Waals surface area contributed by atoms with Crippen molar-refractivity contribution in [1.29, 1.82) is 0 Å². The van der Waals surface area contributed by atoms with Crippen LogP contribution in [0.2, 0.25) is 5.02 Å². The van der Waals surface area contributed by atoms with Crippen LogP contribution in [-0.4, -0.2) is 65.2 Å². The Kier molecular flexibility index (Phi) is 10.2. The first-order valence-electron chi connectivity index (χ1n) is 12.1. The number of halogens is 1. The number of methoxy groups -OCH3 is 2. The lowest BCUT2D eigenvalue weighted by Gasteiger charge is -2.33. The van der Waals surface area contributed by atoms with E-state index in [2.05, 4.69) is 5.32 Å². The fraction of sp³-hybridized carbons (Fsp3) is 0.286. The van der Waals surface area contributed by atoms with Gasteiger partial charge in [-0.3, -0.25) is 13.9 Å². The summed E-state index contributed by atoms with van der Waals surface area (Å²) in [5.74, 6) is -0.280. The highest BCUT2D eigenvalue weighted by Crippen LogP contribution is 2.33. The number of carbonyl (C=O) groups is 2. The summed E-state index contributed by atoms with van der Waals surface area (Å²) in [4.78, 5) is 28.5. The van der Waals surface area contributed by atoms with Crippen molar-refractivity contribution < 1.29 is 27.5 Å². The third-order valence-corrected chi connectivity index (χ3v) is 7.50. The first kappa shape index (κ1) is 29.8. The topological polar surface area (TPSA) is 105 Å². The Morgan fingerprint density at radius 3 is 2.18 bits per heavy atom. The molecule has 0 bridgehead atoms. The standard InChI is InChI=1S/C28H32ClN3O6S/c1-30-28(34)25(16-20-8-6-5-7-9-20)31(18-21-10-12-22(29)13-11-21)27(33)19-32(39(4,35)36)24-15-14-23(37-2)17-26(24)38-3/h5-15,17,25H,16,18-19H2,1-4H3,(H,30,34)/t25-/m1/s1. The van der Waals surface area contributed by atoms with Crippen molar-refractivity contribution in [3.05, 3.63) is 88.9 Å². The predicted octanol–water partition coefficient (Wildman–Crippen LogP) is 3.51. The fourth-order valence-corrected chi connectivity index (χ4v) is 5.07. The summed E-state index contributed by atoms with van der Waals surface area (Å²) in [7, 11) is 0.432. The van der Waals surface area contributed by atoms with Crippen molar-refractivity contribution in [1.82, 2.24) is 10.2 Å². The Balaban J connectivity index is 2.06. The van der Waals surface area contributed by atoms with E-state index < -0.39 is 28.5 Å². The number of nitrogens with one attached hydrogen (secondary N) is 1. The lowest BCUT2D eigenvalue weighted by molar-refractivity contribution is -0.139. The zero-order valence-corrected chi connectivity index (χ0v) is 23.8. The monoisotopic (exact) mass is 573 g/mol. The largest absolute Gasteiger partial charge is 0.497 e. The van der Waals surface area contributed by atoms with Crippen LogP contribution in [0, 0.1) is 0 Å². The summed E-state index contributed by atoms with van der Waals surface area (Å²) >= 11 is 6.05. The maximum Gasteiger partial charge on any atom is 0.244 e. The first-order chi connectivity index (χ1) is 18.6. The maximum absolute atomic E-state index is 14.0. The second-order valence-corrected chi connectivity index (χ2v) is 11.1. The summed E-state index contributed by atoms with van der Waals surface area (Å²) in [6.07, 6.45) is 1.23. The van der Waals surface area contributed by atoms with Crippen molar-refractivity contribution in [2.45, 2.75) is 19.0 Å². The van der Waals surface area contributed by atoms with Gasteiger partial charge in [0.25, 0.3) is 0 Å². The molecule has 39 heavy (non-hydrogen) atoms. The molecule has 208 valence electrons. The molecular formula is C28H32ClN3O6S. The Hall–Kier alpha value is -3.76. The van der Waals surface area contributed by atoms with E-state index in [1.54, 1.807) is 30.3 Å². The van der Waals surface area contributed by atoms with E-state index in [1.165, 1.54) is 38.3 Å². The number of hydrogen-bond acceptors (Lipinski definition) is 6. The number of nitrogens with zero attached hydrogens (tertiary/aromatic N) is 2. The molecule has 0 saturated heterocycles. The van der Waals surface area contributed by atoms with Gasteiger partial charge in [0.05, 0.1) is 26.2 Å². The molecule has 2 amide bonds. The molecule has 0 saturated carbocycles. The van der Waals surface area contributed by atoms with Crippen molar-refractivity contribution in [3.63, 3.8) is 0 Å². The molecule has 3 aromatic rings. The van der Waals surface area contributed by atoms with Gasteiger partial charge in [0.1, 0.15) is 24.1 Å². The number of amides is 2. The average molecular weight is 574 g/mol. The number of likely N-dealkylation sites (N-methyl/N-ethyl adjacent to an activating group) is 1. The van der Waals surface area contributed by atoms with Crippen LogP contribution < -0.4 is 19.1 Å². The quantitative estimate of drug-likeness (QED) is 0.355. The van der Waals surface area contributed by atoms with Crippen LogP contribution in [0.4, 0.5) is 5.69 Å². The number of hydrogen-bond donors (Lipinski definition) is 1. The molecule has 0 fully saturated rings. The summed E-state index contributed by atoms with van der Waals surface area (Å²) in [6.45, 7) is -0.504. The van der Waals surface area contributed by atoms with E-state index in [1.807, 2.05) is 30.3 Å². The summed E-state index contributed by atoms with van der Waals surface area (Å²) in [5, 5.41) is 3.17. The number of sulfonamides is 1. The highest BCUT2D eigenvalue weighted by molar-refractivity contribution is 7.92. The van der Waals surface area contributed by atoms with E-state index in [-0.39, 0.29) is 30.3 Å². The minimum Gasteiger partial charge on any atom is -0.497 e. The van der Waals surface area contributed by atoms with Gasteiger partial charge in [-0.1, -0.05) is 54.1 Å². The molecule has 0 spiro atoms. The first-order valence-corrected chi connectivity index (χ1v) is 14.3. The smallest absolute Gasteiger partial charge is 0.244 e. The number of ether oxygens (including phenoxy) is 2. The third kappa shape index (κ3) is 7.87. The molecule has 3 aromatic carbocycles. The molecule has 3 rings (SSSR count). The van der Waals surface area contributed by atoms with Crippen LogP contribution in [0.3, 0.4) is 0 Å². The van der Waals surface area contributed by atoms with Crippen LogP contribution in [0.25, 0.3) is 0 Å². The lowest BCUT2D eigenvalue weighted by atomic mass is 10.0. The van der Waals surface area contributed by atoms with Gasteiger partial charge in [0.15, 0.2) is 0 Å². The third-order valence-electron chi connectivity index (χ3n) is 6.12. The van der Waals surface area contributed by atoms with Crippen LogP contribution in [0.1, 0.15) is 11.1 Å². The molecule has 1 atom stereocenters. The van der Waals surface area contributed by atoms with Crippen LogP contribution >= 0.6 is 11.6 Å². The van der Waals surface area contributed by atoms with E-state index in [4.69, 9.17) is 21.1 Å². The molecule has 1 N–H and O–H groups in total. The van der Waals surface area contributed by atoms with Crippen LogP contribution in [0.5, 0.6) is 11.5 Å². The number of anilines is 1. The Bertz CT molecular complexity index is 1380.